The number of aromatic amines is 2. The normalized spacial score (nSPS) is 15.0. The second-order valence-electron chi connectivity index (χ2n) is 21.6. The molecule has 4 aliphatic rings. The van der Waals surface area contributed by atoms with Gasteiger partial charge in [0, 0.05) is 159 Å². The number of amides is 3. The van der Waals surface area contributed by atoms with E-state index in [1.54, 1.807) is 0 Å². The van der Waals surface area contributed by atoms with Gasteiger partial charge in [-0.2, -0.15) is 0 Å². The van der Waals surface area contributed by atoms with Crippen molar-refractivity contribution in [3.63, 3.8) is 0 Å². The fraction of sp³-hybridized carbons (Fsp3) is 0.426. The molecule has 0 aliphatic carbocycles. The zero-order valence-electron chi connectivity index (χ0n) is 47.0. The van der Waals surface area contributed by atoms with Crippen molar-refractivity contribution in [1.29, 1.82) is 0 Å². The van der Waals surface area contributed by atoms with Crippen LogP contribution in [0.2, 0.25) is 0 Å². The second-order valence-corrected chi connectivity index (χ2v) is 21.6. The van der Waals surface area contributed by atoms with E-state index in [-0.39, 0.29) is 42.1 Å². The number of fused-ring (bicyclic) bond motifs is 2. The second kappa shape index (κ2) is 24.4. The van der Waals surface area contributed by atoms with Gasteiger partial charge in [-0.25, -0.2) is 14.8 Å². The molecule has 2 aromatic carbocycles. The van der Waals surface area contributed by atoms with Crippen molar-refractivity contribution in [2.75, 3.05) is 85.0 Å². The zero-order chi connectivity index (χ0) is 56.1. The maximum absolute atomic E-state index is 13.6. The van der Waals surface area contributed by atoms with Crippen LogP contribution in [0, 0.1) is 13.8 Å². The predicted octanol–water partition coefficient (Wildman–Crippen LogP) is 7.23. The zero-order valence-corrected chi connectivity index (χ0v) is 47.0. The van der Waals surface area contributed by atoms with Crippen LogP contribution in [0.5, 0.6) is 0 Å². The first-order valence-electron chi connectivity index (χ1n) is 28.0. The van der Waals surface area contributed by atoms with Gasteiger partial charge < -0.3 is 55.5 Å². The Morgan fingerprint density at radius 3 is 1.39 bits per heavy atom. The van der Waals surface area contributed by atoms with Crippen molar-refractivity contribution in [2.45, 2.75) is 106 Å². The summed E-state index contributed by atoms with van der Waals surface area (Å²) in [7, 11) is 0. The van der Waals surface area contributed by atoms with Crippen LogP contribution in [-0.4, -0.2) is 125 Å². The molecule has 0 bridgehead atoms. The number of nitrogens with one attached hydrogen (secondary N) is 5. The Bertz CT molecular complexity index is 3320. The highest BCUT2D eigenvalue weighted by atomic mass is 16.4. The maximum atomic E-state index is 13.6. The first-order chi connectivity index (χ1) is 38.0. The topological polar surface area (TPSA) is 215 Å². The molecule has 0 spiro atoms. The molecular formula is C61H76N12O6. The lowest BCUT2D eigenvalue weighted by atomic mass is 9.97. The van der Waals surface area contributed by atoms with E-state index in [1.807, 2.05) is 76.5 Å². The molecule has 6 N–H and O–H groups in total. The Balaban J connectivity index is 0.000000192. The number of pyridine rings is 4. The fourth-order valence-corrected chi connectivity index (χ4v) is 11.5. The molecule has 79 heavy (non-hydrogen) atoms. The van der Waals surface area contributed by atoms with Gasteiger partial charge in [-0.3, -0.25) is 19.2 Å². The van der Waals surface area contributed by atoms with Crippen LogP contribution < -0.4 is 46.7 Å². The van der Waals surface area contributed by atoms with Gasteiger partial charge in [0.05, 0.1) is 0 Å². The SMILES string of the molecule is CCc1cc(C)[nH]c(=O)c1CNC(=O)c1cc(-c2ccc(N3CCN(C(=O)O)CC3)nc2)cc2c1CCN2C(C)C.CCc1cc(C)[nH]c(=O)c1CNC(=O)c1cc(-c2ccc(N3CCNCC3)nc2)cc2c1CCN2C(C)C. The minimum Gasteiger partial charge on any atom is -0.465 e. The number of rotatable bonds is 14. The fourth-order valence-electron chi connectivity index (χ4n) is 11.5. The number of carboxylic acid groups (broad SMARTS) is 1. The summed E-state index contributed by atoms with van der Waals surface area (Å²) < 4.78 is 0. The Kier molecular flexibility index (Phi) is 17.2. The lowest BCUT2D eigenvalue weighted by molar-refractivity contribution is 0.0942. The molecule has 3 amide bonds. The summed E-state index contributed by atoms with van der Waals surface area (Å²) >= 11 is 0. The smallest absolute Gasteiger partial charge is 0.407 e. The van der Waals surface area contributed by atoms with Crippen LogP contribution in [0.1, 0.15) is 107 Å². The average molecular weight is 1070 g/mol. The molecule has 4 aromatic heterocycles. The lowest BCUT2D eigenvalue weighted by Crippen LogP contribution is -2.48. The molecule has 0 saturated carbocycles. The molecule has 4 aliphatic heterocycles. The van der Waals surface area contributed by atoms with E-state index in [4.69, 9.17) is 9.97 Å². The Labute approximate surface area is 462 Å². The van der Waals surface area contributed by atoms with Crippen molar-refractivity contribution in [3.8, 4) is 22.3 Å². The number of carbonyl (C=O) groups excluding carboxylic acids is 2. The van der Waals surface area contributed by atoms with Crippen molar-refractivity contribution >= 4 is 40.9 Å². The summed E-state index contributed by atoms with van der Waals surface area (Å²) in [6, 6.07) is 20.9. The van der Waals surface area contributed by atoms with Crippen molar-refractivity contribution < 1.29 is 19.5 Å². The summed E-state index contributed by atoms with van der Waals surface area (Å²) in [5.41, 5.74) is 13.8. The van der Waals surface area contributed by atoms with Gasteiger partial charge in [0.1, 0.15) is 11.6 Å². The molecule has 8 heterocycles. The van der Waals surface area contributed by atoms with Gasteiger partial charge in [0.15, 0.2) is 0 Å². The molecule has 0 unspecified atom stereocenters. The number of aryl methyl sites for hydroxylation is 4. The number of hydrogen-bond donors (Lipinski definition) is 6. The monoisotopic (exact) mass is 1070 g/mol. The van der Waals surface area contributed by atoms with Gasteiger partial charge in [0.2, 0.25) is 0 Å². The number of benzene rings is 2. The van der Waals surface area contributed by atoms with Crippen molar-refractivity contribution in [1.82, 2.24) is 40.8 Å². The van der Waals surface area contributed by atoms with E-state index < -0.39 is 6.09 Å². The standard InChI is InChI=1S/C31H38N6O4.C30H38N6O2/c1-5-21-14-20(4)34-30(39)26(21)18-33-29(38)25-15-23(16-27-24(25)8-9-37(27)19(2)3)22-6-7-28(32-17-22)35-10-12-36(13-11-35)31(40)41;1-5-21-14-20(4)34-30(38)26(21)18-33-29(37)25-15-23(16-27-24(25)8-11-36(27)19(2)3)22-6-7-28(32-17-22)35-12-9-31-10-13-35/h6-7,14-17,19H,5,8-13,18H2,1-4H3,(H,33,38)(H,34,39)(H,40,41);6-7,14-17,19,31H,5,8-13,18H2,1-4H3,(H,33,37)(H,34,38). The highest BCUT2D eigenvalue weighted by Gasteiger charge is 2.30. The summed E-state index contributed by atoms with van der Waals surface area (Å²) in [5.74, 6) is 1.43. The Hall–Kier alpha value is -7.99. The van der Waals surface area contributed by atoms with Crippen molar-refractivity contribution in [3.05, 3.63) is 150 Å². The minimum absolute atomic E-state index is 0.136. The molecule has 6 aromatic rings. The molecule has 0 radical (unpaired) electrons. The van der Waals surface area contributed by atoms with Crippen LogP contribution in [0.4, 0.5) is 27.8 Å². The number of piperazine rings is 2. The third-order valence-electron chi connectivity index (χ3n) is 15.8. The summed E-state index contributed by atoms with van der Waals surface area (Å²) in [6.07, 6.45) is 5.88. The van der Waals surface area contributed by atoms with Crippen molar-refractivity contribution in [2.24, 2.45) is 0 Å². The van der Waals surface area contributed by atoms with Gasteiger partial charge in [-0.15, -0.1) is 0 Å². The number of H-pyrrole nitrogens is 2. The highest BCUT2D eigenvalue weighted by molar-refractivity contribution is 6.00. The van der Waals surface area contributed by atoms with E-state index in [9.17, 15) is 29.1 Å². The molecule has 0 atom stereocenters. The molecule has 2 fully saturated rings. The number of anilines is 4. The predicted molar refractivity (Wildman–Crippen MR) is 313 cm³/mol. The Morgan fingerprint density at radius 2 is 1.01 bits per heavy atom. The average Bonchev–Trinajstić information content (AvgIpc) is 4.14. The number of nitrogens with zero attached hydrogens (tertiary/aromatic N) is 7. The summed E-state index contributed by atoms with van der Waals surface area (Å²) in [4.78, 5) is 89.4. The van der Waals surface area contributed by atoms with Gasteiger partial charge in [-0.05, 0) is 161 Å². The van der Waals surface area contributed by atoms with Crippen LogP contribution >= 0.6 is 0 Å². The quantitative estimate of drug-likeness (QED) is 0.0636. The van der Waals surface area contributed by atoms with E-state index in [1.165, 1.54) is 4.90 Å². The van der Waals surface area contributed by atoms with Crippen LogP contribution in [-0.2, 0) is 38.8 Å². The highest BCUT2D eigenvalue weighted by Crippen LogP contribution is 2.39. The van der Waals surface area contributed by atoms with E-state index in [0.717, 1.165) is 137 Å². The molecule has 10 rings (SSSR count). The minimum atomic E-state index is -0.892. The summed E-state index contributed by atoms with van der Waals surface area (Å²) in [6.45, 7) is 24.4. The van der Waals surface area contributed by atoms with Crippen LogP contribution in [0.3, 0.4) is 0 Å². The molecule has 18 heteroatoms. The number of hydrogen-bond acceptors (Lipinski definition) is 12. The van der Waals surface area contributed by atoms with E-state index in [2.05, 4.69) is 97.5 Å². The van der Waals surface area contributed by atoms with Crippen LogP contribution in [0.25, 0.3) is 22.3 Å². The molecular weight excluding hydrogens is 997 g/mol. The third kappa shape index (κ3) is 12.3. The number of aromatic nitrogens is 4. The first-order valence-corrected chi connectivity index (χ1v) is 28.0. The van der Waals surface area contributed by atoms with Gasteiger partial charge in [-0.1, -0.05) is 13.8 Å². The molecule has 2 saturated heterocycles. The summed E-state index contributed by atoms with van der Waals surface area (Å²) in [5, 5.41) is 18.7. The van der Waals surface area contributed by atoms with Gasteiger partial charge >= 0.3 is 6.09 Å². The number of carbonyl (C=O) groups is 3. The molecule has 416 valence electrons. The lowest BCUT2D eigenvalue weighted by Gasteiger charge is -2.33. The first kappa shape index (κ1) is 55.8. The van der Waals surface area contributed by atoms with Crippen LogP contribution in [0.15, 0.2) is 82.6 Å². The molecule has 18 nitrogen and oxygen atoms in total. The van der Waals surface area contributed by atoms with E-state index in [0.29, 0.717) is 60.9 Å². The van der Waals surface area contributed by atoms with E-state index >= 15 is 0 Å². The largest absolute Gasteiger partial charge is 0.465 e. The Morgan fingerprint density at radius 1 is 0.582 bits per heavy atom. The third-order valence-corrected chi connectivity index (χ3v) is 15.8. The van der Waals surface area contributed by atoms with Gasteiger partial charge in [0.25, 0.3) is 22.9 Å². The maximum Gasteiger partial charge on any atom is 0.407 e.